The molecule has 4 atom stereocenters. The number of aliphatic hydroxyl groups excluding tert-OH is 1. The topological polar surface area (TPSA) is 29.5 Å². The Balaban J connectivity index is 2.16. The summed E-state index contributed by atoms with van der Waals surface area (Å²) in [5.74, 6) is 2.14. The van der Waals surface area contributed by atoms with Gasteiger partial charge in [0.05, 0.1) is 13.2 Å². The van der Waals surface area contributed by atoms with Crippen molar-refractivity contribution in [2.24, 2.45) is 11.8 Å². The van der Waals surface area contributed by atoms with Gasteiger partial charge in [0.25, 0.3) is 0 Å². The first-order valence-electron chi connectivity index (χ1n) is 6.45. The Labute approximate surface area is 104 Å². The fraction of sp³-hybridized carbons (Fsp3) is 0.600. The smallest absolute Gasteiger partial charge is 0.118 e. The zero-order valence-corrected chi connectivity index (χ0v) is 10.9. The second kappa shape index (κ2) is 5.09. The van der Waals surface area contributed by atoms with E-state index in [1.54, 1.807) is 7.11 Å². The van der Waals surface area contributed by atoms with Crippen molar-refractivity contribution < 1.29 is 9.84 Å². The Hall–Kier alpha value is -1.02. The molecule has 4 unspecified atom stereocenters. The first-order chi connectivity index (χ1) is 8.13. The minimum atomic E-state index is -0.171. The molecule has 1 aliphatic rings. The molecular formula is C15H22O2. The van der Waals surface area contributed by atoms with Crippen molar-refractivity contribution in [3.63, 3.8) is 0 Å². The van der Waals surface area contributed by atoms with Gasteiger partial charge in [-0.15, -0.1) is 0 Å². The van der Waals surface area contributed by atoms with Gasteiger partial charge in [0.15, 0.2) is 0 Å². The lowest BCUT2D eigenvalue weighted by Gasteiger charge is -2.37. The second-order valence-electron chi connectivity index (χ2n) is 5.28. The highest BCUT2D eigenvalue weighted by Crippen LogP contribution is 2.40. The SMILES string of the molecule is COc1ccc(C2CCC(C)C(O)C2C)cc1. The minimum Gasteiger partial charge on any atom is -0.497 e. The Morgan fingerprint density at radius 2 is 1.76 bits per heavy atom. The molecule has 2 nitrogen and oxygen atoms in total. The van der Waals surface area contributed by atoms with Crippen molar-refractivity contribution in [2.45, 2.75) is 38.7 Å². The second-order valence-corrected chi connectivity index (χ2v) is 5.28. The summed E-state index contributed by atoms with van der Waals surface area (Å²) in [6.07, 6.45) is 2.12. The van der Waals surface area contributed by atoms with E-state index in [-0.39, 0.29) is 6.10 Å². The predicted octanol–water partition coefficient (Wildman–Crippen LogP) is 3.21. The van der Waals surface area contributed by atoms with Gasteiger partial charge in [-0.2, -0.15) is 0 Å². The molecule has 0 saturated heterocycles. The van der Waals surface area contributed by atoms with Crippen LogP contribution in [0.4, 0.5) is 0 Å². The van der Waals surface area contributed by atoms with Gasteiger partial charge in [-0.05, 0) is 48.3 Å². The van der Waals surface area contributed by atoms with Crippen LogP contribution in [0.5, 0.6) is 5.75 Å². The fourth-order valence-corrected chi connectivity index (χ4v) is 2.95. The molecule has 94 valence electrons. The summed E-state index contributed by atoms with van der Waals surface area (Å²) in [7, 11) is 1.68. The monoisotopic (exact) mass is 234 g/mol. The molecule has 0 aliphatic heterocycles. The van der Waals surface area contributed by atoms with Gasteiger partial charge >= 0.3 is 0 Å². The summed E-state index contributed by atoms with van der Waals surface area (Å²) in [5, 5.41) is 10.2. The van der Waals surface area contributed by atoms with E-state index < -0.39 is 0 Å². The maximum atomic E-state index is 10.2. The van der Waals surface area contributed by atoms with Crippen LogP contribution in [0, 0.1) is 11.8 Å². The van der Waals surface area contributed by atoms with Crippen LogP contribution in [0.25, 0.3) is 0 Å². The van der Waals surface area contributed by atoms with Crippen LogP contribution in [0.2, 0.25) is 0 Å². The molecule has 0 aromatic heterocycles. The van der Waals surface area contributed by atoms with Gasteiger partial charge in [0.1, 0.15) is 5.75 Å². The highest BCUT2D eigenvalue weighted by atomic mass is 16.5. The van der Waals surface area contributed by atoms with Gasteiger partial charge in [-0.1, -0.05) is 26.0 Å². The third kappa shape index (κ3) is 2.47. The van der Waals surface area contributed by atoms with E-state index >= 15 is 0 Å². The molecule has 0 spiro atoms. The molecule has 2 rings (SSSR count). The van der Waals surface area contributed by atoms with Gasteiger partial charge in [0.2, 0.25) is 0 Å². The predicted molar refractivity (Wildman–Crippen MR) is 69.3 cm³/mol. The molecular weight excluding hydrogens is 212 g/mol. The van der Waals surface area contributed by atoms with E-state index in [1.165, 1.54) is 12.0 Å². The van der Waals surface area contributed by atoms with E-state index in [2.05, 4.69) is 26.0 Å². The summed E-state index contributed by atoms with van der Waals surface area (Å²) in [6.45, 7) is 4.31. The maximum Gasteiger partial charge on any atom is 0.118 e. The fourth-order valence-electron chi connectivity index (χ4n) is 2.95. The van der Waals surface area contributed by atoms with Crippen LogP contribution in [0.15, 0.2) is 24.3 Å². The Morgan fingerprint density at radius 3 is 2.35 bits per heavy atom. The normalized spacial score (nSPS) is 33.4. The number of hydrogen-bond donors (Lipinski definition) is 1. The standard InChI is InChI=1S/C15H22O2/c1-10-4-9-14(11(2)15(10)16)12-5-7-13(17-3)8-6-12/h5-8,10-11,14-16H,4,9H2,1-3H3. The number of hydrogen-bond acceptors (Lipinski definition) is 2. The largest absolute Gasteiger partial charge is 0.497 e. The number of methoxy groups -OCH3 is 1. The number of benzene rings is 1. The molecule has 1 fully saturated rings. The zero-order chi connectivity index (χ0) is 12.4. The van der Waals surface area contributed by atoms with Crippen molar-refractivity contribution in [3.8, 4) is 5.75 Å². The van der Waals surface area contributed by atoms with Gasteiger partial charge in [0, 0.05) is 0 Å². The molecule has 0 radical (unpaired) electrons. The molecule has 0 amide bonds. The van der Waals surface area contributed by atoms with Gasteiger partial charge in [-0.3, -0.25) is 0 Å². The summed E-state index contributed by atoms with van der Waals surface area (Å²) in [5.41, 5.74) is 1.32. The number of aliphatic hydroxyl groups is 1. The number of ether oxygens (including phenoxy) is 1. The maximum absolute atomic E-state index is 10.2. The van der Waals surface area contributed by atoms with Crippen LogP contribution >= 0.6 is 0 Å². The molecule has 17 heavy (non-hydrogen) atoms. The summed E-state index contributed by atoms with van der Waals surface area (Å²) in [4.78, 5) is 0. The first-order valence-corrected chi connectivity index (χ1v) is 6.45. The lowest BCUT2D eigenvalue weighted by atomic mass is 9.71. The average Bonchev–Trinajstić information content (AvgIpc) is 2.36. The van der Waals surface area contributed by atoms with Crippen molar-refractivity contribution in [1.82, 2.24) is 0 Å². The highest BCUT2D eigenvalue weighted by molar-refractivity contribution is 5.30. The molecule has 1 aliphatic carbocycles. The lowest BCUT2D eigenvalue weighted by molar-refractivity contribution is 0.0210. The molecule has 0 heterocycles. The van der Waals surface area contributed by atoms with Crippen LogP contribution in [-0.2, 0) is 0 Å². The first kappa shape index (κ1) is 12.4. The van der Waals surface area contributed by atoms with Crippen LogP contribution in [-0.4, -0.2) is 18.3 Å². The van der Waals surface area contributed by atoms with Crippen molar-refractivity contribution >= 4 is 0 Å². The van der Waals surface area contributed by atoms with E-state index in [4.69, 9.17) is 4.74 Å². The molecule has 0 bridgehead atoms. The molecule has 1 aromatic rings. The van der Waals surface area contributed by atoms with Crippen LogP contribution in [0.1, 0.15) is 38.2 Å². The van der Waals surface area contributed by atoms with Crippen molar-refractivity contribution in [2.75, 3.05) is 7.11 Å². The molecule has 1 aromatic carbocycles. The van der Waals surface area contributed by atoms with E-state index in [9.17, 15) is 5.11 Å². The lowest BCUT2D eigenvalue weighted by Crippen LogP contribution is -2.34. The molecule has 1 N–H and O–H groups in total. The van der Waals surface area contributed by atoms with Crippen LogP contribution < -0.4 is 4.74 Å². The Bertz CT molecular complexity index is 358. The Morgan fingerprint density at radius 1 is 1.12 bits per heavy atom. The van der Waals surface area contributed by atoms with E-state index in [0.717, 1.165) is 12.2 Å². The van der Waals surface area contributed by atoms with E-state index in [0.29, 0.717) is 17.8 Å². The summed E-state index contributed by atoms with van der Waals surface area (Å²) < 4.78 is 5.17. The summed E-state index contributed by atoms with van der Waals surface area (Å²) in [6, 6.07) is 8.27. The highest BCUT2D eigenvalue weighted by Gasteiger charge is 2.33. The molecule has 1 saturated carbocycles. The van der Waals surface area contributed by atoms with Crippen molar-refractivity contribution in [3.05, 3.63) is 29.8 Å². The third-order valence-electron chi connectivity index (χ3n) is 4.23. The van der Waals surface area contributed by atoms with Gasteiger partial charge < -0.3 is 9.84 Å². The van der Waals surface area contributed by atoms with E-state index in [1.807, 2.05) is 12.1 Å². The van der Waals surface area contributed by atoms with Crippen LogP contribution in [0.3, 0.4) is 0 Å². The Kier molecular flexibility index (Phi) is 3.72. The third-order valence-corrected chi connectivity index (χ3v) is 4.23. The molecule has 2 heteroatoms. The van der Waals surface area contributed by atoms with Crippen molar-refractivity contribution in [1.29, 1.82) is 0 Å². The average molecular weight is 234 g/mol. The quantitative estimate of drug-likeness (QED) is 0.851. The van der Waals surface area contributed by atoms with Gasteiger partial charge in [-0.25, -0.2) is 0 Å². The number of rotatable bonds is 2. The zero-order valence-electron chi connectivity index (χ0n) is 10.9. The minimum absolute atomic E-state index is 0.171. The summed E-state index contributed by atoms with van der Waals surface area (Å²) >= 11 is 0.